The van der Waals surface area contributed by atoms with Crippen molar-refractivity contribution in [1.29, 1.82) is 5.26 Å². The third-order valence-corrected chi connectivity index (χ3v) is 2.97. The molecule has 0 bridgehead atoms. The molecule has 0 saturated carbocycles. The summed E-state index contributed by atoms with van der Waals surface area (Å²) in [7, 11) is 1.53. The number of para-hydroxylation sites is 1. The smallest absolute Gasteiger partial charge is 0.349 e. The summed E-state index contributed by atoms with van der Waals surface area (Å²) in [6, 6.07) is 9.55. The predicted octanol–water partition coefficient (Wildman–Crippen LogP) is 2.65. The van der Waals surface area contributed by atoms with Crippen molar-refractivity contribution in [3.63, 3.8) is 0 Å². The van der Waals surface area contributed by atoms with Gasteiger partial charge in [-0.25, -0.2) is 4.79 Å². The highest BCUT2D eigenvalue weighted by Crippen LogP contribution is 2.20. The molecule has 1 atom stereocenters. The molecule has 21 heavy (non-hydrogen) atoms. The van der Waals surface area contributed by atoms with Crippen LogP contribution < -0.4 is 0 Å². The Balaban J connectivity index is 2.25. The van der Waals surface area contributed by atoms with Crippen LogP contribution in [0.4, 0.5) is 0 Å². The fourth-order valence-electron chi connectivity index (χ4n) is 2.02. The highest BCUT2D eigenvalue weighted by Gasteiger charge is 2.15. The number of nitriles is 1. The number of hydrogen-bond donors (Lipinski definition) is 1. The summed E-state index contributed by atoms with van der Waals surface area (Å²) in [5.41, 5.74) is 1.68. The van der Waals surface area contributed by atoms with Gasteiger partial charge < -0.3 is 14.5 Å². The minimum absolute atomic E-state index is 0.0392. The zero-order valence-electron chi connectivity index (χ0n) is 11.9. The minimum Gasteiger partial charge on any atom is -0.456 e. The van der Waals surface area contributed by atoms with E-state index in [1.165, 1.54) is 13.2 Å². The number of aromatic amines is 1. The fraction of sp³-hybridized carbons (Fsp3) is 0.250. The number of carbonyl (C=O) groups excluding carboxylic acids is 1. The molecule has 0 radical (unpaired) electrons. The van der Waals surface area contributed by atoms with Gasteiger partial charge in [-0.2, -0.15) is 5.26 Å². The lowest BCUT2D eigenvalue weighted by atomic mass is 10.1. The Morgan fingerprint density at radius 3 is 2.95 bits per heavy atom. The van der Waals surface area contributed by atoms with Crippen LogP contribution in [0.25, 0.3) is 17.0 Å². The van der Waals surface area contributed by atoms with E-state index in [0.29, 0.717) is 0 Å². The fourth-order valence-corrected chi connectivity index (χ4v) is 2.02. The second-order valence-corrected chi connectivity index (χ2v) is 4.63. The Labute approximate surface area is 122 Å². The van der Waals surface area contributed by atoms with E-state index in [-0.39, 0.29) is 12.2 Å². The summed E-state index contributed by atoms with van der Waals surface area (Å²) in [6.45, 7) is 2.00. The molecule has 0 aliphatic rings. The summed E-state index contributed by atoms with van der Waals surface area (Å²) < 4.78 is 10.0. The second kappa shape index (κ2) is 6.73. The minimum atomic E-state index is -0.646. The summed E-state index contributed by atoms with van der Waals surface area (Å²) >= 11 is 0. The molecule has 0 unspecified atom stereocenters. The first-order valence-electron chi connectivity index (χ1n) is 6.53. The lowest BCUT2D eigenvalue weighted by Crippen LogP contribution is -2.20. The third-order valence-electron chi connectivity index (χ3n) is 2.97. The number of benzene rings is 1. The number of methoxy groups -OCH3 is 1. The van der Waals surface area contributed by atoms with Gasteiger partial charge >= 0.3 is 5.97 Å². The highest BCUT2D eigenvalue weighted by atomic mass is 16.6. The van der Waals surface area contributed by atoms with Crippen molar-refractivity contribution >= 4 is 22.9 Å². The van der Waals surface area contributed by atoms with Crippen molar-refractivity contribution in [1.82, 2.24) is 4.98 Å². The van der Waals surface area contributed by atoms with E-state index in [2.05, 4.69) is 4.98 Å². The van der Waals surface area contributed by atoms with E-state index in [1.807, 2.05) is 30.3 Å². The maximum absolute atomic E-state index is 11.9. The van der Waals surface area contributed by atoms with Gasteiger partial charge in [-0.1, -0.05) is 18.2 Å². The zero-order chi connectivity index (χ0) is 15.2. The largest absolute Gasteiger partial charge is 0.456 e. The van der Waals surface area contributed by atoms with Gasteiger partial charge in [0.15, 0.2) is 0 Å². The standard InChI is InChI=1S/C16H16N2O3/c1-11(10-20-2)21-16(19)12(8-17)7-13-9-18-15-6-4-3-5-14(13)15/h3-7,9,11,18H,10H2,1-2H3/b12-7+/t11-/m1/s1. The van der Waals surface area contributed by atoms with Gasteiger partial charge in [0.2, 0.25) is 0 Å². The monoisotopic (exact) mass is 284 g/mol. The SMILES string of the molecule is COC[C@@H](C)OC(=O)/C(C#N)=C/c1c[nH]c2ccccc12. The van der Waals surface area contributed by atoms with Gasteiger partial charge in [-0.05, 0) is 19.1 Å². The lowest BCUT2D eigenvalue weighted by molar-refractivity contribution is -0.145. The molecule has 108 valence electrons. The van der Waals surface area contributed by atoms with Crippen molar-refractivity contribution in [3.8, 4) is 6.07 Å². The van der Waals surface area contributed by atoms with Crippen LogP contribution in [-0.4, -0.2) is 30.8 Å². The molecule has 0 saturated heterocycles. The van der Waals surface area contributed by atoms with Crippen LogP contribution >= 0.6 is 0 Å². The second-order valence-electron chi connectivity index (χ2n) is 4.63. The van der Waals surface area contributed by atoms with Crippen LogP contribution in [0.1, 0.15) is 12.5 Å². The van der Waals surface area contributed by atoms with E-state index in [0.717, 1.165) is 16.5 Å². The van der Waals surface area contributed by atoms with Crippen molar-refractivity contribution < 1.29 is 14.3 Å². The number of esters is 1. The maximum Gasteiger partial charge on any atom is 0.349 e. The molecule has 1 aromatic carbocycles. The molecule has 1 heterocycles. The van der Waals surface area contributed by atoms with Crippen LogP contribution in [0.5, 0.6) is 0 Å². The first-order chi connectivity index (χ1) is 10.2. The molecule has 1 aromatic heterocycles. The number of rotatable bonds is 5. The molecule has 0 amide bonds. The van der Waals surface area contributed by atoms with Crippen LogP contribution in [0.15, 0.2) is 36.0 Å². The Morgan fingerprint density at radius 1 is 1.48 bits per heavy atom. The molecule has 1 N–H and O–H groups in total. The number of carbonyl (C=O) groups is 1. The van der Waals surface area contributed by atoms with Gasteiger partial charge in [0.25, 0.3) is 0 Å². The molecule has 0 aliphatic heterocycles. The topological polar surface area (TPSA) is 75.1 Å². The Bertz CT molecular complexity index is 710. The third kappa shape index (κ3) is 3.50. The molecular weight excluding hydrogens is 268 g/mol. The highest BCUT2D eigenvalue weighted by molar-refractivity contribution is 6.01. The quantitative estimate of drug-likeness (QED) is 0.520. The van der Waals surface area contributed by atoms with Gasteiger partial charge in [-0.3, -0.25) is 0 Å². The Kier molecular flexibility index (Phi) is 4.75. The van der Waals surface area contributed by atoms with Gasteiger partial charge in [-0.15, -0.1) is 0 Å². The van der Waals surface area contributed by atoms with E-state index < -0.39 is 12.1 Å². The number of aromatic nitrogens is 1. The number of ether oxygens (including phenoxy) is 2. The van der Waals surface area contributed by atoms with Crippen LogP contribution in [0.3, 0.4) is 0 Å². The molecule has 0 fully saturated rings. The van der Waals surface area contributed by atoms with E-state index in [4.69, 9.17) is 14.7 Å². The summed E-state index contributed by atoms with van der Waals surface area (Å²) in [5.74, 6) is -0.646. The first kappa shape index (κ1) is 14.8. The number of nitrogens with zero attached hydrogens (tertiary/aromatic N) is 1. The van der Waals surface area contributed by atoms with Crippen molar-refractivity contribution in [3.05, 3.63) is 41.6 Å². The number of hydrogen-bond acceptors (Lipinski definition) is 4. The van der Waals surface area contributed by atoms with Gasteiger partial charge in [0.05, 0.1) is 6.61 Å². The Morgan fingerprint density at radius 2 is 2.24 bits per heavy atom. The van der Waals surface area contributed by atoms with Gasteiger partial charge in [0.1, 0.15) is 17.7 Å². The predicted molar refractivity (Wildman–Crippen MR) is 79.3 cm³/mol. The number of H-pyrrole nitrogens is 1. The van der Waals surface area contributed by atoms with Crippen LogP contribution in [0.2, 0.25) is 0 Å². The molecule has 0 spiro atoms. The average molecular weight is 284 g/mol. The molecule has 0 aliphatic carbocycles. The van der Waals surface area contributed by atoms with E-state index in [9.17, 15) is 4.79 Å². The summed E-state index contributed by atoms with van der Waals surface area (Å²) in [6.07, 6.45) is 2.89. The lowest BCUT2D eigenvalue weighted by Gasteiger charge is -2.11. The number of fused-ring (bicyclic) bond motifs is 1. The number of nitrogens with one attached hydrogen (secondary N) is 1. The van der Waals surface area contributed by atoms with Crippen molar-refractivity contribution in [2.24, 2.45) is 0 Å². The molecule has 2 aromatic rings. The van der Waals surface area contributed by atoms with E-state index >= 15 is 0 Å². The average Bonchev–Trinajstić information content (AvgIpc) is 2.88. The van der Waals surface area contributed by atoms with Crippen molar-refractivity contribution in [2.75, 3.05) is 13.7 Å². The van der Waals surface area contributed by atoms with Crippen LogP contribution in [0, 0.1) is 11.3 Å². The van der Waals surface area contributed by atoms with E-state index in [1.54, 1.807) is 13.1 Å². The maximum atomic E-state index is 11.9. The normalized spacial score (nSPS) is 12.9. The molecule has 5 heteroatoms. The summed E-state index contributed by atoms with van der Waals surface area (Å²) in [5, 5.41) is 10.1. The molecular formula is C16H16N2O3. The van der Waals surface area contributed by atoms with Gasteiger partial charge in [0, 0.05) is 29.8 Å². The molecule has 5 nitrogen and oxygen atoms in total. The van der Waals surface area contributed by atoms with Crippen molar-refractivity contribution in [2.45, 2.75) is 13.0 Å². The van der Waals surface area contributed by atoms with Crippen LogP contribution in [-0.2, 0) is 14.3 Å². The Hall–Kier alpha value is -2.58. The summed E-state index contributed by atoms with van der Waals surface area (Å²) in [4.78, 5) is 15.0. The molecule has 2 rings (SSSR count). The zero-order valence-corrected chi connectivity index (χ0v) is 11.9. The first-order valence-corrected chi connectivity index (χ1v) is 6.53.